The summed E-state index contributed by atoms with van der Waals surface area (Å²) in [5.41, 5.74) is 2.38. The number of carbonyl (C=O) groups is 1. The smallest absolute Gasteiger partial charge is 0.337 e. The summed E-state index contributed by atoms with van der Waals surface area (Å²) in [6, 6.07) is 25.3. The molecule has 198 valence electrons. The largest absolute Gasteiger partial charge is 0.493 e. The van der Waals surface area contributed by atoms with Gasteiger partial charge in [-0.3, -0.25) is 4.90 Å². The van der Waals surface area contributed by atoms with Crippen LogP contribution >= 0.6 is 0 Å². The minimum Gasteiger partial charge on any atom is -0.493 e. The molecule has 0 aromatic heterocycles. The average molecular weight is 506 g/mol. The monoisotopic (exact) mass is 505 g/mol. The van der Waals surface area contributed by atoms with Crippen LogP contribution in [0.1, 0.15) is 44.4 Å². The summed E-state index contributed by atoms with van der Waals surface area (Å²) in [6.45, 7) is 8.92. The van der Waals surface area contributed by atoms with Crippen molar-refractivity contribution in [3.05, 3.63) is 95.6 Å². The van der Waals surface area contributed by atoms with Crippen LogP contribution in [0.4, 0.5) is 0 Å². The Kier molecular flexibility index (Phi) is 10.1. The van der Waals surface area contributed by atoms with Gasteiger partial charge < -0.3 is 19.3 Å². The van der Waals surface area contributed by atoms with Gasteiger partial charge in [0.15, 0.2) is 17.6 Å². The lowest BCUT2D eigenvalue weighted by atomic mass is 9.97. The lowest BCUT2D eigenvalue weighted by molar-refractivity contribution is -0.169. The van der Waals surface area contributed by atoms with Crippen molar-refractivity contribution in [1.82, 2.24) is 4.90 Å². The molecule has 3 aromatic carbocycles. The predicted molar refractivity (Wildman–Crippen MR) is 146 cm³/mol. The maximum Gasteiger partial charge on any atom is 0.337 e. The zero-order valence-electron chi connectivity index (χ0n) is 22.5. The van der Waals surface area contributed by atoms with E-state index in [1.807, 2.05) is 61.5 Å². The lowest BCUT2D eigenvalue weighted by Crippen LogP contribution is -2.49. The molecule has 2 unspecified atom stereocenters. The van der Waals surface area contributed by atoms with Gasteiger partial charge in [0.2, 0.25) is 0 Å². The van der Waals surface area contributed by atoms with Crippen molar-refractivity contribution in [2.45, 2.75) is 65.0 Å². The minimum absolute atomic E-state index is 0.407. The fourth-order valence-corrected chi connectivity index (χ4v) is 4.24. The number of aliphatic hydroxyl groups is 1. The molecule has 0 saturated heterocycles. The SMILES string of the molecule is CCOc1cc(CC(C(O)C(=O)OC(C)(C)C)N(Cc2ccccc2)Cc2ccccc2)ccc1OC. The van der Waals surface area contributed by atoms with Gasteiger partial charge in [-0.1, -0.05) is 66.7 Å². The zero-order valence-corrected chi connectivity index (χ0v) is 22.5. The summed E-state index contributed by atoms with van der Waals surface area (Å²) >= 11 is 0. The van der Waals surface area contributed by atoms with Gasteiger partial charge in [-0.2, -0.15) is 0 Å². The Morgan fingerprint density at radius 3 is 1.92 bits per heavy atom. The van der Waals surface area contributed by atoms with Crippen molar-refractivity contribution < 1.29 is 24.1 Å². The van der Waals surface area contributed by atoms with Gasteiger partial charge in [0, 0.05) is 13.1 Å². The van der Waals surface area contributed by atoms with Crippen LogP contribution in [-0.4, -0.2) is 47.4 Å². The quantitative estimate of drug-likeness (QED) is 0.332. The molecule has 0 spiro atoms. The number of aliphatic hydroxyl groups excluding tert-OH is 1. The highest BCUT2D eigenvalue weighted by Gasteiger charge is 2.35. The summed E-state index contributed by atoms with van der Waals surface area (Å²) in [4.78, 5) is 15.3. The average Bonchev–Trinajstić information content (AvgIpc) is 2.87. The Labute approximate surface area is 220 Å². The molecule has 1 N–H and O–H groups in total. The van der Waals surface area contributed by atoms with Crippen LogP contribution in [0.3, 0.4) is 0 Å². The normalized spacial score (nSPS) is 13.2. The first-order valence-electron chi connectivity index (χ1n) is 12.7. The van der Waals surface area contributed by atoms with Gasteiger partial charge in [-0.25, -0.2) is 4.79 Å². The molecular weight excluding hydrogens is 466 g/mol. The van der Waals surface area contributed by atoms with Crippen LogP contribution in [0.5, 0.6) is 11.5 Å². The molecule has 6 heteroatoms. The molecule has 0 heterocycles. The maximum absolute atomic E-state index is 13.1. The number of benzene rings is 3. The molecule has 0 aliphatic carbocycles. The van der Waals surface area contributed by atoms with Gasteiger partial charge in [0.1, 0.15) is 5.60 Å². The molecule has 0 bridgehead atoms. The molecule has 0 aliphatic heterocycles. The third-order valence-electron chi connectivity index (χ3n) is 5.91. The number of hydrogen-bond acceptors (Lipinski definition) is 6. The Bertz CT molecular complexity index is 1070. The Morgan fingerprint density at radius 1 is 0.865 bits per heavy atom. The predicted octanol–water partition coefficient (Wildman–Crippen LogP) is 5.41. The summed E-state index contributed by atoms with van der Waals surface area (Å²) in [6.07, 6.45) is -0.950. The fraction of sp³-hybridized carbons (Fsp3) is 0.387. The van der Waals surface area contributed by atoms with E-state index in [9.17, 15) is 9.90 Å². The van der Waals surface area contributed by atoms with Crippen molar-refractivity contribution >= 4 is 5.97 Å². The van der Waals surface area contributed by atoms with E-state index in [0.29, 0.717) is 37.6 Å². The number of rotatable bonds is 12. The van der Waals surface area contributed by atoms with Crippen molar-refractivity contribution in [3.8, 4) is 11.5 Å². The van der Waals surface area contributed by atoms with Crippen LogP contribution in [0, 0.1) is 0 Å². The number of methoxy groups -OCH3 is 1. The molecule has 37 heavy (non-hydrogen) atoms. The van der Waals surface area contributed by atoms with E-state index < -0.39 is 23.7 Å². The topological polar surface area (TPSA) is 68.2 Å². The molecular formula is C31H39NO5. The lowest BCUT2D eigenvalue weighted by Gasteiger charge is -2.35. The highest BCUT2D eigenvalue weighted by Crippen LogP contribution is 2.30. The van der Waals surface area contributed by atoms with Gasteiger partial charge in [-0.15, -0.1) is 0 Å². The molecule has 0 aliphatic rings. The zero-order chi connectivity index (χ0) is 26.8. The Morgan fingerprint density at radius 2 is 1.43 bits per heavy atom. The van der Waals surface area contributed by atoms with E-state index in [0.717, 1.165) is 16.7 Å². The Balaban J connectivity index is 2.01. The van der Waals surface area contributed by atoms with Crippen LogP contribution in [0.25, 0.3) is 0 Å². The minimum atomic E-state index is -1.36. The van der Waals surface area contributed by atoms with E-state index >= 15 is 0 Å². The molecule has 3 rings (SSSR count). The molecule has 2 atom stereocenters. The van der Waals surface area contributed by atoms with E-state index in [2.05, 4.69) is 29.2 Å². The summed E-state index contributed by atoms with van der Waals surface area (Å²) in [5.74, 6) is 0.633. The third kappa shape index (κ3) is 8.62. The van der Waals surface area contributed by atoms with Gasteiger partial charge >= 0.3 is 5.97 Å². The van der Waals surface area contributed by atoms with Crippen molar-refractivity contribution in [3.63, 3.8) is 0 Å². The number of hydrogen-bond donors (Lipinski definition) is 1. The second-order valence-electron chi connectivity index (χ2n) is 10.0. The molecule has 3 aromatic rings. The van der Waals surface area contributed by atoms with Crippen molar-refractivity contribution in [2.24, 2.45) is 0 Å². The molecule has 0 amide bonds. The van der Waals surface area contributed by atoms with Gasteiger partial charge in [0.25, 0.3) is 0 Å². The summed E-state index contributed by atoms with van der Waals surface area (Å²) in [7, 11) is 1.61. The number of carbonyl (C=O) groups excluding carboxylic acids is 1. The molecule has 6 nitrogen and oxygen atoms in total. The molecule has 0 fully saturated rings. The van der Waals surface area contributed by atoms with Crippen molar-refractivity contribution in [2.75, 3.05) is 13.7 Å². The van der Waals surface area contributed by atoms with E-state index in [4.69, 9.17) is 14.2 Å². The first-order valence-corrected chi connectivity index (χ1v) is 12.7. The van der Waals surface area contributed by atoms with Crippen LogP contribution in [-0.2, 0) is 29.0 Å². The second kappa shape index (κ2) is 13.3. The van der Waals surface area contributed by atoms with E-state index in [-0.39, 0.29) is 0 Å². The van der Waals surface area contributed by atoms with Crippen LogP contribution in [0.15, 0.2) is 78.9 Å². The fourth-order valence-electron chi connectivity index (χ4n) is 4.24. The first kappa shape index (κ1) is 28.2. The van der Waals surface area contributed by atoms with Crippen LogP contribution < -0.4 is 9.47 Å². The summed E-state index contributed by atoms with van der Waals surface area (Å²) in [5, 5.41) is 11.4. The maximum atomic E-state index is 13.1. The standard InChI is InChI=1S/C31H39NO5/c1-6-36-28-20-25(17-18-27(28)35-5)19-26(29(33)30(34)37-31(2,3)4)32(21-23-13-9-7-10-14-23)22-24-15-11-8-12-16-24/h7-18,20,26,29,33H,6,19,21-22H2,1-5H3. The number of esters is 1. The molecule has 0 radical (unpaired) electrons. The van der Waals surface area contributed by atoms with Crippen molar-refractivity contribution in [1.29, 1.82) is 0 Å². The van der Waals surface area contributed by atoms with Crippen LogP contribution in [0.2, 0.25) is 0 Å². The van der Waals surface area contributed by atoms with E-state index in [1.165, 1.54) is 0 Å². The highest BCUT2D eigenvalue weighted by atomic mass is 16.6. The Hall–Kier alpha value is -3.35. The van der Waals surface area contributed by atoms with E-state index in [1.54, 1.807) is 27.9 Å². The second-order valence-corrected chi connectivity index (χ2v) is 10.0. The highest BCUT2D eigenvalue weighted by molar-refractivity contribution is 5.75. The van der Waals surface area contributed by atoms with Gasteiger partial charge in [-0.05, 0) is 62.9 Å². The molecule has 0 saturated carbocycles. The summed E-state index contributed by atoms with van der Waals surface area (Å²) < 4.78 is 16.8. The first-order chi connectivity index (χ1) is 17.7. The number of ether oxygens (including phenoxy) is 3. The third-order valence-corrected chi connectivity index (χ3v) is 5.91. The number of nitrogens with zero attached hydrogens (tertiary/aromatic N) is 1. The van der Waals surface area contributed by atoms with Gasteiger partial charge in [0.05, 0.1) is 19.8 Å².